The van der Waals surface area contributed by atoms with Gasteiger partial charge in [-0.05, 0) is 64.3 Å². The summed E-state index contributed by atoms with van der Waals surface area (Å²) in [5, 5.41) is 6.09. The summed E-state index contributed by atoms with van der Waals surface area (Å²) in [4.78, 5) is 18.5. The number of carbonyl (C=O) groups is 1. The molecule has 1 atom stereocenters. The normalized spacial score (nSPS) is 17.6. The summed E-state index contributed by atoms with van der Waals surface area (Å²) in [7, 11) is 0. The van der Waals surface area contributed by atoms with Crippen LogP contribution >= 0.6 is 0 Å². The van der Waals surface area contributed by atoms with Crippen molar-refractivity contribution in [3.8, 4) is 0 Å². The van der Waals surface area contributed by atoms with Crippen LogP contribution in [0.4, 0.5) is 13.6 Å². The first kappa shape index (κ1) is 21.9. The molecule has 1 saturated heterocycles. The molecule has 8 heteroatoms. The van der Waals surface area contributed by atoms with Gasteiger partial charge in [0.15, 0.2) is 5.96 Å². The number of carbonyl (C=O) groups excluding carboxylic acids is 1. The Labute approximate surface area is 165 Å². The number of aliphatic imine (C=N–C) groups is 1. The van der Waals surface area contributed by atoms with Crippen LogP contribution in [0, 0.1) is 11.6 Å². The van der Waals surface area contributed by atoms with Crippen LogP contribution in [0.5, 0.6) is 0 Å². The Morgan fingerprint density at radius 3 is 2.79 bits per heavy atom. The number of amides is 1. The van der Waals surface area contributed by atoms with E-state index in [0.717, 1.165) is 25.1 Å². The number of alkyl carbamates (subject to hydrolysis) is 1. The zero-order valence-electron chi connectivity index (χ0n) is 17.0. The fraction of sp³-hybridized carbons (Fsp3) is 0.600. The van der Waals surface area contributed by atoms with Gasteiger partial charge in [0.1, 0.15) is 17.2 Å². The minimum absolute atomic E-state index is 0.0284. The largest absolute Gasteiger partial charge is 0.444 e. The van der Waals surface area contributed by atoms with Crippen molar-refractivity contribution < 1.29 is 18.3 Å². The van der Waals surface area contributed by atoms with Gasteiger partial charge in [0.25, 0.3) is 0 Å². The molecule has 0 radical (unpaired) electrons. The molecule has 6 nitrogen and oxygen atoms in total. The van der Waals surface area contributed by atoms with Gasteiger partial charge < -0.3 is 20.3 Å². The summed E-state index contributed by atoms with van der Waals surface area (Å²) in [6, 6.07) is 3.41. The lowest BCUT2D eigenvalue weighted by molar-refractivity contribution is 0.0507. The number of rotatable bonds is 5. The van der Waals surface area contributed by atoms with E-state index in [9.17, 15) is 13.6 Å². The topological polar surface area (TPSA) is 66.0 Å². The Kier molecular flexibility index (Phi) is 7.60. The number of nitrogens with one attached hydrogen (secondary N) is 2. The smallest absolute Gasteiger partial charge is 0.407 e. The van der Waals surface area contributed by atoms with E-state index in [2.05, 4.69) is 15.6 Å². The lowest BCUT2D eigenvalue weighted by atomic mass is 10.1. The first-order valence-electron chi connectivity index (χ1n) is 9.64. The van der Waals surface area contributed by atoms with Gasteiger partial charge in [-0.1, -0.05) is 0 Å². The number of ether oxygens (including phenoxy) is 1. The van der Waals surface area contributed by atoms with Gasteiger partial charge in [0.2, 0.25) is 0 Å². The van der Waals surface area contributed by atoms with Crippen LogP contribution in [0.2, 0.25) is 0 Å². The van der Waals surface area contributed by atoms with E-state index in [1.54, 1.807) is 0 Å². The molecule has 0 bridgehead atoms. The molecular formula is C20H30F2N4O2. The number of hydrogen-bond acceptors (Lipinski definition) is 3. The summed E-state index contributed by atoms with van der Waals surface area (Å²) in [6.07, 6.45) is 0.663. The Bertz CT molecular complexity index is 704. The molecule has 1 heterocycles. The van der Waals surface area contributed by atoms with Gasteiger partial charge in [0.05, 0.1) is 6.04 Å². The molecule has 1 aliphatic rings. The average Bonchev–Trinajstić information content (AvgIpc) is 3.03. The highest BCUT2D eigenvalue weighted by molar-refractivity contribution is 5.80. The van der Waals surface area contributed by atoms with Crippen LogP contribution in [0.1, 0.15) is 39.7 Å². The van der Waals surface area contributed by atoms with Crippen molar-refractivity contribution in [3.63, 3.8) is 0 Å². The molecule has 0 saturated carbocycles. The van der Waals surface area contributed by atoms with Crippen molar-refractivity contribution in [1.82, 2.24) is 15.5 Å². The van der Waals surface area contributed by atoms with E-state index >= 15 is 0 Å². The zero-order chi connectivity index (χ0) is 20.7. The lowest BCUT2D eigenvalue weighted by Crippen LogP contribution is -2.44. The van der Waals surface area contributed by atoms with Crippen molar-refractivity contribution in [2.75, 3.05) is 26.2 Å². The Hall–Kier alpha value is -2.38. The predicted molar refractivity (Wildman–Crippen MR) is 105 cm³/mol. The lowest BCUT2D eigenvalue weighted by Gasteiger charge is -2.23. The zero-order valence-corrected chi connectivity index (χ0v) is 17.0. The number of hydrogen-bond donors (Lipinski definition) is 2. The molecule has 0 aliphatic carbocycles. The van der Waals surface area contributed by atoms with E-state index in [0.29, 0.717) is 37.6 Å². The molecule has 0 aromatic heterocycles. The quantitative estimate of drug-likeness (QED) is 0.593. The molecule has 28 heavy (non-hydrogen) atoms. The Balaban J connectivity index is 1.91. The van der Waals surface area contributed by atoms with Crippen molar-refractivity contribution in [1.29, 1.82) is 0 Å². The van der Waals surface area contributed by atoms with Crippen LogP contribution in [0.25, 0.3) is 0 Å². The first-order chi connectivity index (χ1) is 13.2. The molecule has 1 aromatic rings. The minimum Gasteiger partial charge on any atom is -0.444 e. The van der Waals surface area contributed by atoms with Gasteiger partial charge in [0, 0.05) is 26.2 Å². The molecule has 1 aliphatic heterocycles. The molecule has 2 N–H and O–H groups in total. The molecular weight excluding hydrogens is 366 g/mol. The summed E-state index contributed by atoms with van der Waals surface area (Å²) in [5.41, 5.74) is -0.226. The minimum atomic E-state index is -0.537. The Morgan fingerprint density at radius 1 is 1.36 bits per heavy atom. The van der Waals surface area contributed by atoms with Crippen molar-refractivity contribution in [3.05, 3.63) is 35.4 Å². The maximum atomic E-state index is 13.7. The van der Waals surface area contributed by atoms with Crippen molar-refractivity contribution in [2.45, 2.75) is 52.2 Å². The van der Waals surface area contributed by atoms with Gasteiger partial charge in [-0.15, -0.1) is 0 Å². The predicted octanol–water partition coefficient (Wildman–Crippen LogP) is 3.07. The number of halogens is 2. The van der Waals surface area contributed by atoms with Crippen LogP contribution in [0.15, 0.2) is 23.2 Å². The van der Waals surface area contributed by atoms with Gasteiger partial charge in [-0.2, -0.15) is 0 Å². The van der Waals surface area contributed by atoms with E-state index in [1.165, 1.54) is 6.07 Å². The number of likely N-dealkylation sites (tertiary alicyclic amines) is 1. The summed E-state index contributed by atoms with van der Waals surface area (Å²) >= 11 is 0. The molecule has 156 valence electrons. The second-order valence-corrected chi connectivity index (χ2v) is 7.80. The van der Waals surface area contributed by atoms with Crippen molar-refractivity contribution in [2.24, 2.45) is 4.99 Å². The maximum Gasteiger partial charge on any atom is 0.407 e. The molecule has 1 fully saturated rings. The highest BCUT2D eigenvalue weighted by Gasteiger charge is 2.27. The van der Waals surface area contributed by atoms with Gasteiger partial charge in [-0.25, -0.2) is 13.6 Å². The summed E-state index contributed by atoms with van der Waals surface area (Å²) in [6.45, 7) is 9.81. The molecule has 2 rings (SSSR count). The number of guanidine groups is 1. The SMILES string of the molecule is CCNC(=NCCc1cc(F)ccc1F)N1CCC(NC(=O)OC(C)(C)C)C1. The number of benzene rings is 1. The fourth-order valence-electron chi connectivity index (χ4n) is 2.99. The molecule has 1 unspecified atom stereocenters. The number of nitrogens with zero attached hydrogens (tertiary/aromatic N) is 2. The van der Waals surface area contributed by atoms with Crippen LogP contribution in [-0.2, 0) is 11.2 Å². The fourth-order valence-corrected chi connectivity index (χ4v) is 2.99. The van der Waals surface area contributed by atoms with Gasteiger partial charge >= 0.3 is 6.09 Å². The highest BCUT2D eigenvalue weighted by atomic mass is 19.1. The van der Waals surface area contributed by atoms with E-state index in [1.807, 2.05) is 32.6 Å². The van der Waals surface area contributed by atoms with Crippen LogP contribution in [-0.4, -0.2) is 54.8 Å². The van der Waals surface area contributed by atoms with E-state index < -0.39 is 23.3 Å². The van der Waals surface area contributed by atoms with Crippen molar-refractivity contribution >= 4 is 12.1 Å². The molecule has 1 aromatic carbocycles. The monoisotopic (exact) mass is 396 g/mol. The van der Waals surface area contributed by atoms with Gasteiger partial charge in [-0.3, -0.25) is 4.99 Å². The average molecular weight is 396 g/mol. The standard InChI is InChI=1S/C20H30F2N4O2/c1-5-23-18(24-10-8-14-12-15(21)6-7-17(14)22)26-11-9-16(13-26)25-19(27)28-20(2,3)4/h6-7,12,16H,5,8-11,13H2,1-4H3,(H,23,24)(H,25,27). The second kappa shape index (κ2) is 9.71. The molecule has 0 spiro atoms. The molecule has 1 amide bonds. The van der Waals surface area contributed by atoms with Crippen LogP contribution in [0.3, 0.4) is 0 Å². The third-order valence-electron chi connectivity index (χ3n) is 4.19. The summed E-state index contributed by atoms with van der Waals surface area (Å²) < 4.78 is 32.3. The summed E-state index contributed by atoms with van der Waals surface area (Å²) in [5.74, 6) is -0.180. The third kappa shape index (κ3) is 6.98. The highest BCUT2D eigenvalue weighted by Crippen LogP contribution is 2.13. The second-order valence-electron chi connectivity index (χ2n) is 7.80. The van der Waals surface area contributed by atoms with Crippen LogP contribution < -0.4 is 10.6 Å². The van der Waals surface area contributed by atoms with E-state index in [4.69, 9.17) is 4.74 Å². The third-order valence-corrected chi connectivity index (χ3v) is 4.19. The van der Waals surface area contributed by atoms with E-state index in [-0.39, 0.29) is 6.04 Å². The first-order valence-corrected chi connectivity index (χ1v) is 9.64. The Morgan fingerprint density at radius 2 is 2.11 bits per heavy atom. The maximum absolute atomic E-state index is 13.7.